The van der Waals surface area contributed by atoms with Crippen LogP contribution in [-0.4, -0.2) is 27.4 Å². The highest BCUT2D eigenvalue weighted by atomic mass is 32.2. The van der Waals surface area contributed by atoms with E-state index >= 15 is 0 Å². The number of carbonyl (C=O) groups excluding carboxylic acids is 1. The number of amides is 1. The summed E-state index contributed by atoms with van der Waals surface area (Å²) in [4.78, 5) is 13.6. The summed E-state index contributed by atoms with van der Waals surface area (Å²) in [5, 5.41) is 0. The van der Waals surface area contributed by atoms with E-state index in [0.29, 0.717) is 5.56 Å². The quantitative estimate of drug-likeness (QED) is 0.805. The van der Waals surface area contributed by atoms with E-state index in [-0.39, 0.29) is 23.9 Å². The fraction of sp³-hybridized carbons (Fsp3) is 0.316. The second-order valence-corrected chi connectivity index (χ2v) is 7.70. The van der Waals surface area contributed by atoms with Crippen LogP contribution in [0.4, 0.5) is 10.1 Å². The molecule has 0 fully saturated rings. The maximum atomic E-state index is 13.2. The standard InChI is InChI=1S/C19H23FN2O3S/c1-4-16-7-5-6-8-18(16)22(15(3)23)12-11-21-26(24,25)19-10-9-17(20)13-14(19)2/h5-10,13,21H,4,11-12H2,1-3H3. The molecule has 0 unspecified atom stereocenters. The van der Waals surface area contributed by atoms with E-state index in [1.165, 1.54) is 26.0 Å². The van der Waals surface area contributed by atoms with Gasteiger partial charge in [0, 0.05) is 25.7 Å². The maximum Gasteiger partial charge on any atom is 0.240 e. The summed E-state index contributed by atoms with van der Waals surface area (Å²) in [5.74, 6) is -0.650. The van der Waals surface area contributed by atoms with Gasteiger partial charge < -0.3 is 4.90 Å². The van der Waals surface area contributed by atoms with Crippen molar-refractivity contribution in [1.29, 1.82) is 0 Å². The van der Waals surface area contributed by atoms with Gasteiger partial charge in [0.1, 0.15) is 5.82 Å². The summed E-state index contributed by atoms with van der Waals surface area (Å²) < 4.78 is 40.5. The van der Waals surface area contributed by atoms with Gasteiger partial charge in [-0.25, -0.2) is 17.5 Å². The number of hydrogen-bond donors (Lipinski definition) is 1. The van der Waals surface area contributed by atoms with Crippen molar-refractivity contribution >= 4 is 21.6 Å². The Morgan fingerprint density at radius 1 is 1.19 bits per heavy atom. The van der Waals surface area contributed by atoms with Crippen LogP contribution in [0.5, 0.6) is 0 Å². The SMILES string of the molecule is CCc1ccccc1N(CCNS(=O)(=O)c1ccc(F)cc1C)C(C)=O. The van der Waals surface area contributed by atoms with Gasteiger partial charge in [-0.05, 0) is 48.7 Å². The number of nitrogens with zero attached hydrogens (tertiary/aromatic N) is 1. The highest BCUT2D eigenvalue weighted by Crippen LogP contribution is 2.21. The molecule has 0 spiro atoms. The lowest BCUT2D eigenvalue weighted by Gasteiger charge is -2.24. The molecule has 0 heterocycles. The van der Waals surface area contributed by atoms with Crippen molar-refractivity contribution in [3.63, 3.8) is 0 Å². The van der Waals surface area contributed by atoms with Crippen molar-refractivity contribution in [3.8, 4) is 0 Å². The fourth-order valence-electron chi connectivity index (χ4n) is 2.80. The number of carbonyl (C=O) groups is 1. The van der Waals surface area contributed by atoms with Gasteiger partial charge in [-0.15, -0.1) is 0 Å². The summed E-state index contributed by atoms with van der Waals surface area (Å²) in [7, 11) is -3.78. The minimum atomic E-state index is -3.78. The first-order valence-electron chi connectivity index (χ1n) is 8.38. The topological polar surface area (TPSA) is 66.5 Å². The van der Waals surface area contributed by atoms with E-state index in [4.69, 9.17) is 0 Å². The molecule has 0 bridgehead atoms. The van der Waals surface area contributed by atoms with E-state index in [2.05, 4.69) is 4.72 Å². The Labute approximate surface area is 153 Å². The van der Waals surface area contributed by atoms with Crippen LogP contribution in [0, 0.1) is 12.7 Å². The molecule has 26 heavy (non-hydrogen) atoms. The molecule has 0 aliphatic carbocycles. The van der Waals surface area contributed by atoms with Crippen LogP contribution < -0.4 is 9.62 Å². The predicted octanol–water partition coefficient (Wildman–Crippen LogP) is 3.03. The molecule has 0 aromatic heterocycles. The molecule has 7 heteroatoms. The van der Waals surface area contributed by atoms with E-state index < -0.39 is 15.8 Å². The van der Waals surface area contributed by atoms with Crippen molar-refractivity contribution in [3.05, 3.63) is 59.4 Å². The van der Waals surface area contributed by atoms with Gasteiger partial charge in [0.15, 0.2) is 0 Å². The number of anilines is 1. The van der Waals surface area contributed by atoms with Crippen LogP contribution in [0.15, 0.2) is 47.4 Å². The largest absolute Gasteiger partial charge is 0.311 e. The van der Waals surface area contributed by atoms with Gasteiger partial charge in [0.2, 0.25) is 15.9 Å². The maximum absolute atomic E-state index is 13.2. The number of benzene rings is 2. The number of hydrogen-bond acceptors (Lipinski definition) is 3. The lowest BCUT2D eigenvalue weighted by atomic mass is 10.1. The Morgan fingerprint density at radius 3 is 2.50 bits per heavy atom. The Morgan fingerprint density at radius 2 is 1.88 bits per heavy atom. The Balaban J connectivity index is 2.14. The third-order valence-electron chi connectivity index (χ3n) is 4.10. The average Bonchev–Trinajstić information content (AvgIpc) is 2.58. The number of sulfonamides is 1. The molecule has 0 radical (unpaired) electrons. The van der Waals surface area contributed by atoms with E-state index in [0.717, 1.165) is 23.7 Å². The summed E-state index contributed by atoms with van der Waals surface area (Å²) in [6, 6.07) is 11.1. The first kappa shape index (κ1) is 20.1. The molecular weight excluding hydrogens is 355 g/mol. The minimum absolute atomic E-state index is 0.0298. The number of rotatable bonds is 7. The van der Waals surface area contributed by atoms with E-state index in [1.54, 1.807) is 4.90 Å². The molecule has 2 aromatic carbocycles. The molecule has 0 atom stereocenters. The van der Waals surface area contributed by atoms with Gasteiger partial charge in [0.25, 0.3) is 0 Å². The third kappa shape index (κ3) is 4.68. The molecule has 140 valence electrons. The fourth-order valence-corrected chi connectivity index (χ4v) is 4.05. The normalized spacial score (nSPS) is 11.4. The van der Waals surface area contributed by atoms with Crippen molar-refractivity contribution in [2.24, 2.45) is 0 Å². The third-order valence-corrected chi connectivity index (χ3v) is 5.72. The summed E-state index contributed by atoms with van der Waals surface area (Å²) >= 11 is 0. The molecule has 0 aliphatic rings. The number of para-hydroxylation sites is 1. The molecule has 0 saturated heterocycles. The van der Waals surface area contributed by atoms with Gasteiger partial charge in [-0.2, -0.15) is 0 Å². The Kier molecular flexibility index (Phi) is 6.50. The smallest absolute Gasteiger partial charge is 0.240 e. The predicted molar refractivity (Wildman–Crippen MR) is 100 cm³/mol. The zero-order chi connectivity index (χ0) is 19.3. The second kappa shape index (κ2) is 8.42. The molecular formula is C19H23FN2O3S. The Hall–Kier alpha value is -2.25. The van der Waals surface area contributed by atoms with Gasteiger partial charge in [-0.1, -0.05) is 25.1 Å². The second-order valence-electron chi connectivity index (χ2n) is 5.96. The van der Waals surface area contributed by atoms with Crippen molar-refractivity contribution < 1.29 is 17.6 Å². The van der Waals surface area contributed by atoms with Crippen LogP contribution in [0.1, 0.15) is 25.0 Å². The molecule has 1 N–H and O–H groups in total. The number of halogens is 1. The summed E-state index contributed by atoms with van der Waals surface area (Å²) in [6.07, 6.45) is 0.764. The molecule has 2 rings (SSSR count). The summed E-state index contributed by atoms with van der Waals surface area (Å²) in [6.45, 7) is 5.24. The number of aryl methyl sites for hydroxylation is 2. The van der Waals surface area contributed by atoms with Crippen LogP contribution in [0.25, 0.3) is 0 Å². The minimum Gasteiger partial charge on any atom is -0.311 e. The highest BCUT2D eigenvalue weighted by Gasteiger charge is 2.19. The van der Waals surface area contributed by atoms with Crippen LogP contribution in [-0.2, 0) is 21.2 Å². The molecule has 1 amide bonds. The van der Waals surface area contributed by atoms with Crippen molar-refractivity contribution in [1.82, 2.24) is 4.72 Å². The first-order valence-corrected chi connectivity index (χ1v) is 9.86. The monoisotopic (exact) mass is 378 g/mol. The van der Waals surface area contributed by atoms with Crippen molar-refractivity contribution in [2.45, 2.75) is 32.1 Å². The highest BCUT2D eigenvalue weighted by molar-refractivity contribution is 7.89. The zero-order valence-electron chi connectivity index (χ0n) is 15.1. The first-order chi connectivity index (χ1) is 12.3. The van der Waals surface area contributed by atoms with E-state index in [1.807, 2.05) is 31.2 Å². The molecule has 2 aromatic rings. The van der Waals surface area contributed by atoms with Crippen molar-refractivity contribution in [2.75, 3.05) is 18.0 Å². The van der Waals surface area contributed by atoms with Crippen LogP contribution >= 0.6 is 0 Å². The Bertz CT molecular complexity index is 897. The van der Waals surface area contributed by atoms with E-state index in [9.17, 15) is 17.6 Å². The van der Waals surface area contributed by atoms with Gasteiger partial charge in [-0.3, -0.25) is 4.79 Å². The lowest BCUT2D eigenvalue weighted by molar-refractivity contribution is -0.116. The molecule has 5 nitrogen and oxygen atoms in total. The summed E-state index contributed by atoms with van der Waals surface area (Å²) in [5.41, 5.74) is 2.12. The lowest BCUT2D eigenvalue weighted by Crippen LogP contribution is -2.38. The molecule has 0 saturated carbocycles. The zero-order valence-corrected chi connectivity index (χ0v) is 15.9. The van der Waals surface area contributed by atoms with Crippen LogP contribution in [0.3, 0.4) is 0 Å². The van der Waals surface area contributed by atoms with Gasteiger partial charge in [0.05, 0.1) is 4.90 Å². The molecule has 0 aliphatic heterocycles. The van der Waals surface area contributed by atoms with Gasteiger partial charge >= 0.3 is 0 Å². The average molecular weight is 378 g/mol. The number of nitrogens with one attached hydrogen (secondary N) is 1. The van der Waals surface area contributed by atoms with Crippen LogP contribution in [0.2, 0.25) is 0 Å².